The molecule has 29 heavy (non-hydrogen) atoms. The summed E-state index contributed by atoms with van der Waals surface area (Å²) >= 11 is 0. The fraction of sp³-hybridized carbons (Fsp3) is 0.565. The molecule has 0 aromatic heterocycles. The van der Waals surface area contributed by atoms with E-state index in [0.717, 1.165) is 49.6 Å². The van der Waals surface area contributed by atoms with Crippen molar-refractivity contribution in [2.24, 2.45) is 4.99 Å². The number of amides is 1. The third kappa shape index (κ3) is 7.20. The molecule has 1 heterocycles. The molecule has 1 aromatic rings. The molecular weight excluding hydrogens is 364 g/mol. The van der Waals surface area contributed by atoms with E-state index in [1.165, 1.54) is 25.7 Å². The monoisotopic (exact) mass is 398 g/mol. The molecule has 2 aliphatic rings. The van der Waals surface area contributed by atoms with Gasteiger partial charge in [-0.3, -0.25) is 4.79 Å². The van der Waals surface area contributed by atoms with Crippen molar-refractivity contribution in [1.82, 2.24) is 10.6 Å². The molecule has 158 valence electrons. The van der Waals surface area contributed by atoms with Gasteiger partial charge in [0, 0.05) is 25.4 Å². The molecule has 0 saturated carbocycles. The van der Waals surface area contributed by atoms with E-state index in [2.05, 4.69) is 29.0 Å². The van der Waals surface area contributed by atoms with Gasteiger partial charge in [0.1, 0.15) is 6.10 Å². The lowest BCUT2D eigenvalue weighted by atomic mass is 9.97. The van der Waals surface area contributed by atoms with E-state index in [-0.39, 0.29) is 12.0 Å². The normalized spacial score (nSPS) is 19.6. The number of guanidine groups is 1. The molecule has 6 heteroatoms. The smallest absolute Gasteiger partial charge is 0.253 e. The van der Waals surface area contributed by atoms with Gasteiger partial charge in [0.05, 0.1) is 6.54 Å². The Kier molecular flexibility index (Phi) is 8.56. The number of aliphatic imine (C=N–C) groups is 1. The van der Waals surface area contributed by atoms with Crippen molar-refractivity contribution in [2.75, 3.05) is 25.0 Å². The van der Waals surface area contributed by atoms with E-state index in [1.807, 2.05) is 24.3 Å². The summed E-state index contributed by atoms with van der Waals surface area (Å²) in [6.45, 7) is 5.02. The summed E-state index contributed by atoms with van der Waals surface area (Å²) in [6.07, 6.45) is 10.0. The predicted molar refractivity (Wildman–Crippen MR) is 118 cm³/mol. The summed E-state index contributed by atoms with van der Waals surface area (Å²) in [4.78, 5) is 16.9. The van der Waals surface area contributed by atoms with Crippen LogP contribution < -0.4 is 16.0 Å². The van der Waals surface area contributed by atoms with Crippen LogP contribution in [-0.2, 0) is 16.1 Å². The first-order chi connectivity index (χ1) is 14.2. The van der Waals surface area contributed by atoms with E-state index >= 15 is 0 Å². The zero-order valence-electron chi connectivity index (χ0n) is 17.5. The van der Waals surface area contributed by atoms with E-state index < -0.39 is 0 Å². The molecule has 0 radical (unpaired) electrons. The van der Waals surface area contributed by atoms with Crippen LogP contribution in [0.15, 0.2) is 40.9 Å². The van der Waals surface area contributed by atoms with Crippen LogP contribution in [-0.4, -0.2) is 37.7 Å². The molecule has 0 spiro atoms. The Bertz CT molecular complexity index is 723. The first-order valence-corrected chi connectivity index (χ1v) is 11.0. The number of hydrogen-bond donors (Lipinski definition) is 3. The van der Waals surface area contributed by atoms with Gasteiger partial charge in [-0.1, -0.05) is 23.8 Å². The van der Waals surface area contributed by atoms with Crippen LogP contribution in [0.4, 0.5) is 5.69 Å². The average Bonchev–Trinajstić information content (AvgIpc) is 3.28. The topological polar surface area (TPSA) is 74.8 Å². The maximum Gasteiger partial charge on any atom is 0.253 e. The maximum absolute atomic E-state index is 12.2. The van der Waals surface area contributed by atoms with Crippen LogP contribution in [0, 0.1) is 0 Å². The fourth-order valence-corrected chi connectivity index (χ4v) is 3.74. The second-order valence-electron chi connectivity index (χ2n) is 7.67. The number of allylic oxidation sites excluding steroid dienone is 1. The molecule has 1 atom stereocenters. The van der Waals surface area contributed by atoms with Gasteiger partial charge in [-0.05, 0) is 69.6 Å². The van der Waals surface area contributed by atoms with Crippen molar-refractivity contribution < 1.29 is 9.53 Å². The van der Waals surface area contributed by atoms with Gasteiger partial charge in [-0.2, -0.15) is 0 Å². The largest absolute Gasteiger partial charge is 0.368 e. The molecule has 1 amide bonds. The molecule has 1 aromatic carbocycles. The van der Waals surface area contributed by atoms with Crippen LogP contribution in [0.2, 0.25) is 0 Å². The number of anilines is 1. The van der Waals surface area contributed by atoms with Crippen LogP contribution in [0.3, 0.4) is 0 Å². The van der Waals surface area contributed by atoms with E-state index in [4.69, 9.17) is 9.73 Å². The van der Waals surface area contributed by atoms with E-state index in [0.29, 0.717) is 13.2 Å². The average molecular weight is 399 g/mol. The highest BCUT2D eigenvalue weighted by atomic mass is 16.5. The Morgan fingerprint density at radius 2 is 2.17 bits per heavy atom. The Labute approximate surface area is 174 Å². The number of ether oxygens (including phenoxy) is 1. The minimum Gasteiger partial charge on any atom is -0.368 e. The zero-order valence-corrected chi connectivity index (χ0v) is 17.5. The molecule has 0 bridgehead atoms. The number of carbonyl (C=O) groups excluding carboxylic acids is 1. The number of benzene rings is 1. The van der Waals surface area contributed by atoms with Crippen molar-refractivity contribution in [2.45, 2.75) is 64.5 Å². The third-order valence-electron chi connectivity index (χ3n) is 5.30. The predicted octanol–water partition coefficient (Wildman–Crippen LogP) is 3.75. The molecule has 1 saturated heterocycles. The summed E-state index contributed by atoms with van der Waals surface area (Å²) in [7, 11) is 0. The van der Waals surface area contributed by atoms with Gasteiger partial charge in [0.15, 0.2) is 5.96 Å². The molecule has 1 fully saturated rings. The highest BCUT2D eigenvalue weighted by Gasteiger charge is 2.23. The molecule has 1 unspecified atom stereocenters. The van der Waals surface area contributed by atoms with Crippen molar-refractivity contribution in [3.63, 3.8) is 0 Å². The first kappa shape index (κ1) is 21.4. The zero-order chi connectivity index (χ0) is 20.3. The van der Waals surface area contributed by atoms with Gasteiger partial charge in [0.25, 0.3) is 5.91 Å². The number of nitrogens with zero attached hydrogens (tertiary/aromatic N) is 1. The van der Waals surface area contributed by atoms with Crippen LogP contribution in [0.5, 0.6) is 0 Å². The standard InChI is InChI=1S/C23H34N4O2/c1-2-24-23(25-14-13-18-8-4-3-5-9-18)26-17-19-10-6-11-20(16-19)27-22(28)21-12-7-15-29-21/h6,8,10-11,16,21H,2-5,7,9,12-15,17H2,1H3,(H,27,28)(H2,24,25,26). The first-order valence-electron chi connectivity index (χ1n) is 11.0. The number of nitrogens with one attached hydrogen (secondary N) is 3. The van der Waals surface area contributed by atoms with Gasteiger partial charge in [0.2, 0.25) is 0 Å². The van der Waals surface area contributed by atoms with Gasteiger partial charge < -0.3 is 20.7 Å². The lowest BCUT2D eigenvalue weighted by Crippen LogP contribution is -2.37. The summed E-state index contributed by atoms with van der Waals surface area (Å²) in [5.41, 5.74) is 3.41. The Balaban J connectivity index is 1.51. The summed E-state index contributed by atoms with van der Waals surface area (Å²) in [5.74, 6) is 0.771. The summed E-state index contributed by atoms with van der Waals surface area (Å²) in [6, 6.07) is 7.86. The lowest BCUT2D eigenvalue weighted by molar-refractivity contribution is -0.124. The Hall–Kier alpha value is -2.34. The van der Waals surface area contributed by atoms with Crippen molar-refractivity contribution in [1.29, 1.82) is 0 Å². The van der Waals surface area contributed by atoms with Crippen molar-refractivity contribution in [3.8, 4) is 0 Å². The van der Waals surface area contributed by atoms with Crippen molar-refractivity contribution >= 4 is 17.6 Å². The van der Waals surface area contributed by atoms with Gasteiger partial charge >= 0.3 is 0 Å². The third-order valence-corrected chi connectivity index (χ3v) is 5.30. The highest BCUT2D eigenvalue weighted by molar-refractivity contribution is 5.94. The summed E-state index contributed by atoms with van der Waals surface area (Å²) < 4.78 is 5.45. The highest BCUT2D eigenvalue weighted by Crippen LogP contribution is 2.19. The second kappa shape index (κ2) is 11.6. The van der Waals surface area contributed by atoms with E-state index in [9.17, 15) is 4.79 Å². The minimum absolute atomic E-state index is 0.0600. The molecule has 6 nitrogen and oxygen atoms in total. The molecule has 3 N–H and O–H groups in total. The van der Waals surface area contributed by atoms with Crippen LogP contribution in [0.25, 0.3) is 0 Å². The molecule has 3 rings (SSSR count). The SMILES string of the molecule is CCNC(=NCc1cccc(NC(=O)C2CCCO2)c1)NCCC1=CCCCC1. The maximum atomic E-state index is 12.2. The molecular formula is C23H34N4O2. The minimum atomic E-state index is -0.319. The quantitative estimate of drug-likeness (QED) is 0.354. The van der Waals surface area contributed by atoms with E-state index in [1.54, 1.807) is 5.57 Å². The molecule has 1 aliphatic heterocycles. The van der Waals surface area contributed by atoms with Gasteiger partial charge in [-0.15, -0.1) is 0 Å². The molecule has 1 aliphatic carbocycles. The summed E-state index contributed by atoms with van der Waals surface area (Å²) in [5, 5.41) is 9.70. The fourth-order valence-electron chi connectivity index (χ4n) is 3.74. The Morgan fingerprint density at radius 3 is 2.93 bits per heavy atom. The number of carbonyl (C=O) groups is 1. The number of rotatable bonds is 8. The van der Waals surface area contributed by atoms with Gasteiger partial charge in [-0.25, -0.2) is 4.99 Å². The Morgan fingerprint density at radius 1 is 1.24 bits per heavy atom. The van der Waals surface area contributed by atoms with Crippen LogP contribution >= 0.6 is 0 Å². The second-order valence-corrected chi connectivity index (χ2v) is 7.67. The lowest BCUT2D eigenvalue weighted by Gasteiger charge is -2.15. The number of hydrogen-bond acceptors (Lipinski definition) is 3. The van der Waals surface area contributed by atoms with Crippen molar-refractivity contribution in [3.05, 3.63) is 41.5 Å². The van der Waals surface area contributed by atoms with Crippen LogP contribution in [0.1, 0.15) is 57.4 Å².